The Balaban J connectivity index is 1.63. The van der Waals surface area contributed by atoms with Gasteiger partial charge in [-0.15, -0.1) is 0 Å². The second-order valence-electron chi connectivity index (χ2n) is 6.74. The molecule has 4 unspecified atom stereocenters. The number of nitrogens with zero attached hydrogens (tertiary/aromatic N) is 3. The largest absolute Gasteiger partial charge is 0.372 e. The van der Waals surface area contributed by atoms with Crippen molar-refractivity contribution >= 4 is 17.3 Å². The van der Waals surface area contributed by atoms with Crippen molar-refractivity contribution in [3.63, 3.8) is 0 Å². The number of hydrogen-bond acceptors (Lipinski definition) is 4. The third kappa shape index (κ3) is 2.05. The van der Waals surface area contributed by atoms with Crippen molar-refractivity contribution in [1.82, 2.24) is 9.38 Å². The summed E-state index contributed by atoms with van der Waals surface area (Å²) in [4.78, 5) is 15.5. The van der Waals surface area contributed by atoms with Gasteiger partial charge in [-0.2, -0.15) is 9.38 Å². The van der Waals surface area contributed by atoms with Crippen LogP contribution >= 0.6 is 0 Å². The third-order valence-electron chi connectivity index (χ3n) is 5.48. The van der Waals surface area contributed by atoms with Crippen molar-refractivity contribution in [3.8, 4) is 0 Å². The van der Waals surface area contributed by atoms with Crippen LogP contribution in [0.2, 0.25) is 0 Å². The lowest BCUT2D eigenvalue weighted by atomic mass is 9.84. The molecule has 2 fully saturated rings. The average molecular weight is 300 g/mol. The summed E-state index contributed by atoms with van der Waals surface area (Å²) < 4.78 is 1.54. The fraction of sp³-hybridized carbons (Fsp3) is 0.562. The van der Waals surface area contributed by atoms with Crippen molar-refractivity contribution in [2.45, 2.75) is 38.6 Å². The molecule has 4 rings (SSSR count). The highest BCUT2D eigenvalue weighted by Crippen LogP contribution is 2.50. The molecule has 0 saturated heterocycles. The normalized spacial score (nSPS) is 28.1. The molecular weight excluding hydrogens is 280 g/mol. The maximum Gasteiger partial charge on any atom is 0.372 e. The van der Waals surface area contributed by atoms with Crippen LogP contribution in [0.5, 0.6) is 0 Å². The maximum absolute atomic E-state index is 11.4. The second kappa shape index (κ2) is 4.97. The summed E-state index contributed by atoms with van der Waals surface area (Å²) in [7, 11) is 0. The highest BCUT2D eigenvalue weighted by Gasteiger charge is 2.42. The van der Waals surface area contributed by atoms with Gasteiger partial charge in [-0.05, 0) is 54.9 Å². The van der Waals surface area contributed by atoms with Crippen LogP contribution in [0.4, 0.5) is 11.6 Å². The van der Waals surface area contributed by atoms with Gasteiger partial charge in [0.1, 0.15) is 0 Å². The van der Waals surface area contributed by atoms with Gasteiger partial charge in [-0.25, -0.2) is 0 Å². The first-order valence-corrected chi connectivity index (χ1v) is 8.01. The van der Waals surface area contributed by atoms with E-state index >= 15 is 0 Å². The minimum Gasteiger partial charge on any atom is -0.360 e. The number of nitro groups is 1. The van der Waals surface area contributed by atoms with Crippen molar-refractivity contribution in [2.24, 2.45) is 17.8 Å². The quantitative estimate of drug-likeness (QED) is 0.693. The first-order chi connectivity index (χ1) is 10.6. The molecule has 0 amide bonds. The van der Waals surface area contributed by atoms with Crippen LogP contribution in [-0.2, 0) is 0 Å². The molecule has 0 spiro atoms. The first-order valence-electron chi connectivity index (χ1n) is 8.01. The zero-order valence-corrected chi connectivity index (χ0v) is 12.6. The lowest BCUT2D eigenvalue weighted by Crippen LogP contribution is -2.30. The molecule has 1 N–H and O–H groups in total. The van der Waals surface area contributed by atoms with Crippen molar-refractivity contribution < 1.29 is 4.92 Å². The SMILES string of the molecule is CC(Nc1nc2ccccn2c1[N+](=O)[O-])C1CC2CCC1C2. The van der Waals surface area contributed by atoms with Crippen LogP contribution in [0.1, 0.15) is 32.6 Å². The summed E-state index contributed by atoms with van der Waals surface area (Å²) in [6.45, 7) is 2.14. The molecule has 2 aliphatic carbocycles. The van der Waals surface area contributed by atoms with Crippen LogP contribution in [-0.4, -0.2) is 20.3 Å². The number of pyridine rings is 1. The topological polar surface area (TPSA) is 72.5 Å². The highest BCUT2D eigenvalue weighted by atomic mass is 16.6. The number of hydrogen-bond donors (Lipinski definition) is 1. The van der Waals surface area contributed by atoms with E-state index in [4.69, 9.17) is 0 Å². The van der Waals surface area contributed by atoms with Crippen molar-refractivity contribution in [1.29, 1.82) is 0 Å². The fourth-order valence-corrected chi connectivity index (χ4v) is 4.48. The molecule has 2 aromatic heterocycles. The van der Waals surface area contributed by atoms with E-state index in [1.807, 2.05) is 6.07 Å². The predicted molar refractivity (Wildman–Crippen MR) is 83.9 cm³/mol. The zero-order valence-electron chi connectivity index (χ0n) is 12.6. The van der Waals surface area contributed by atoms with E-state index in [1.165, 1.54) is 30.1 Å². The molecule has 6 nitrogen and oxygen atoms in total. The Kier molecular flexibility index (Phi) is 3.06. The van der Waals surface area contributed by atoms with E-state index in [1.54, 1.807) is 18.3 Å². The zero-order chi connectivity index (χ0) is 15.3. The third-order valence-corrected chi connectivity index (χ3v) is 5.48. The first kappa shape index (κ1) is 13.5. The van der Waals surface area contributed by atoms with Crippen LogP contribution < -0.4 is 5.32 Å². The van der Waals surface area contributed by atoms with E-state index in [9.17, 15) is 10.1 Å². The Morgan fingerprint density at radius 1 is 1.41 bits per heavy atom. The standard InChI is InChI=1S/C16H20N4O2/c1-10(13-9-11-5-6-12(13)8-11)17-15-16(20(21)22)19-7-3-2-4-14(19)18-15/h2-4,7,10-13,17H,5-6,8-9H2,1H3. The Labute approximate surface area is 128 Å². The number of rotatable bonds is 4. The number of imidazole rings is 1. The van der Waals surface area contributed by atoms with Gasteiger partial charge in [0.15, 0.2) is 0 Å². The van der Waals surface area contributed by atoms with Gasteiger partial charge < -0.3 is 15.4 Å². The van der Waals surface area contributed by atoms with Gasteiger partial charge in [-0.1, -0.05) is 12.5 Å². The highest BCUT2D eigenvalue weighted by molar-refractivity contribution is 5.62. The van der Waals surface area contributed by atoms with Gasteiger partial charge in [0.05, 0.1) is 6.20 Å². The summed E-state index contributed by atoms with van der Waals surface area (Å²) in [5.74, 6) is 2.69. The van der Waals surface area contributed by atoms with E-state index in [-0.39, 0.29) is 16.8 Å². The molecular formula is C16H20N4O2. The van der Waals surface area contributed by atoms with Crippen molar-refractivity contribution in [3.05, 3.63) is 34.5 Å². The molecule has 0 radical (unpaired) electrons. The molecule has 2 aromatic rings. The monoisotopic (exact) mass is 300 g/mol. The summed E-state index contributed by atoms with van der Waals surface area (Å²) in [5.41, 5.74) is 0.608. The Morgan fingerprint density at radius 2 is 2.27 bits per heavy atom. The summed E-state index contributed by atoms with van der Waals surface area (Å²) >= 11 is 0. The summed E-state index contributed by atoms with van der Waals surface area (Å²) in [6.07, 6.45) is 6.95. The van der Waals surface area contributed by atoms with Crippen LogP contribution in [0.3, 0.4) is 0 Å². The van der Waals surface area contributed by atoms with Gasteiger partial charge >= 0.3 is 5.82 Å². The number of fused-ring (bicyclic) bond motifs is 3. The van der Waals surface area contributed by atoms with E-state index in [0.717, 1.165) is 11.8 Å². The van der Waals surface area contributed by atoms with Crippen molar-refractivity contribution in [2.75, 3.05) is 5.32 Å². The molecule has 2 saturated carbocycles. The molecule has 22 heavy (non-hydrogen) atoms. The Hall–Kier alpha value is -2.11. The second-order valence-corrected chi connectivity index (χ2v) is 6.74. The average Bonchev–Trinajstić information content (AvgIpc) is 3.19. The maximum atomic E-state index is 11.4. The van der Waals surface area contributed by atoms with Crippen LogP contribution in [0.25, 0.3) is 5.65 Å². The van der Waals surface area contributed by atoms with Crippen LogP contribution in [0, 0.1) is 27.9 Å². The molecule has 2 aliphatic rings. The number of nitrogens with one attached hydrogen (secondary N) is 1. The van der Waals surface area contributed by atoms with E-state index in [2.05, 4.69) is 17.2 Å². The van der Waals surface area contributed by atoms with Gasteiger partial charge in [0.2, 0.25) is 11.5 Å². The van der Waals surface area contributed by atoms with Gasteiger partial charge in [0, 0.05) is 12.1 Å². The Morgan fingerprint density at radius 3 is 2.95 bits per heavy atom. The number of aromatic nitrogens is 2. The van der Waals surface area contributed by atoms with Gasteiger partial charge in [0.25, 0.3) is 0 Å². The lowest BCUT2D eigenvalue weighted by molar-refractivity contribution is -0.389. The molecule has 4 atom stereocenters. The molecule has 2 bridgehead atoms. The molecule has 6 heteroatoms. The number of anilines is 1. The molecule has 0 aromatic carbocycles. The van der Waals surface area contributed by atoms with Crippen LogP contribution in [0.15, 0.2) is 24.4 Å². The molecule has 116 valence electrons. The minimum absolute atomic E-state index is 0.0330. The smallest absolute Gasteiger partial charge is 0.360 e. The minimum atomic E-state index is -0.351. The fourth-order valence-electron chi connectivity index (χ4n) is 4.48. The van der Waals surface area contributed by atoms with Gasteiger partial charge in [-0.3, -0.25) is 0 Å². The van der Waals surface area contributed by atoms with E-state index < -0.39 is 0 Å². The summed E-state index contributed by atoms with van der Waals surface area (Å²) in [5, 5.41) is 14.8. The van der Waals surface area contributed by atoms with E-state index in [0.29, 0.717) is 17.4 Å². The lowest BCUT2D eigenvalue weighted by Gasteiger charge is -2.28. The molecule has 2 heterocycles. The predicted octanol–water partition coefficient (Wildman–Crippen LogP) is 3.48. The summed E-state index contributed by atoms with van der Waals surface area (Å²) in [6, 6.07) is 5.64. The Bertz CT molecular complexity index is 726. The molecule has 0 aliphatic heterocycles.